The van der Waals surface area contributed by atoms with Gasteiger partial charge in [0.15, 0.2) is 5.82 Å². The summed E-state index contributed by atoms with van der Waals surface area (Å²) in [7, 11) is 1.36. The van der Waals surface area contributed by atoms with Crippen LogP contribution in [0.4, 0.5) is 24.0 Å². The van der Waals surface area contributed by atoms with Gasteiger partial charge in [-0.1, -0.05) is 0 Å². The van der Waals surface area contributed by atoms with Gasteiger partial charge in [0, 0.05) is 49.4 Å². The van der Waals surface area contributed by atoms with Crippen LogP contribution in [0.3, 0.4) is 0 Å². The van der Waals surface area contributed by atoms with Crippen LogP contribution in [0.5, 0.6) is 6.01 Å². The highest BCUT2D eigenvalue weighted by Gasteiger charge is 2.27. The van der Waals surface area contributed by atoms with Gasteiger partial charge in [-0.15, -0.1) is 11.3 Å². The molecule has 0 aliphatic carbocycles. The van der Waals surface area contributed by atoms with Crippen molar-refractivity contribution in [1.29, 1.82) is 5.26 Å². The average molecular weight is 471 g/mol. The Kier molecular flexibility index (Phi) is 5.15. The molecule has 0 radical (unpaired) electrons. The van der Waals surface area contributed by atoms with Crippen LogP contribution in [-0.4, -0.2) is 48.2 Å². The lowest BCUT2D eigenvalue weighted by Crippen LogP contribution is -2.44. The highest BCUT2D eigenvalue weighted by Crippen LogP contribution is 2.43. The molecule has 33 heavy (non-hydrogen) atoms. The minimum absolute atomic E-state index is 0.00411. The number of nitrogens with one attached hydrogen (secondary N) is 1. The molecule has 12 heteroatoms. The number of nitrogen functional groups attached to an aromatic ring is 1. The van der Waals surface area contributed by atoms with E-state index in [4.69, 9.17) is 10.5 Å². The molecule has 1 fully saturated rings. The average Bonchev–Trinajstić information content (AvgIpc) is 3.16. The van der Waals surface area contributed by atoms with E-state index >= 15 is 8.78 Å². The number of benzene rings is 1. The number of pyridine rings is 1. The van der Waals surface area contributed by atoms with E-state index in [2.05, 4.69) is 20.3 Å². The zero-order valence-electron chi connectivity index (χ0n) is 17.2. The molecular formula is C21H16F3N7OS. The van der Waals surface area contributed by atoms with Crippen molar-refractivity contribution in [1.82, 2.24) is 20.3 Å². The van der Waals surface area contributed by atoms with E-state index in [1.807, 2.05) is 11.0 Å². The smallest absolute Gasteiger partial charge is 0.318 e. The van der Waals surface area contributed by atoms with Crippen LogP contribution in [0.2, 0.25) is 0 Å². The first-order valence-electron chi connectivity index (χ1n) is 9.91. The molecule has 5 rings (SSSR count). The quantitative estimate of drug-likeness (QED) is 0.469. The maximum Gasteiger partial charge on any atom is 0.318 e. The van der Waals surface area contributed by atoms with Crippen molar-refractivity contribution < 1.29 is 17.9 Å². The summed E-state index contributed by atoms with van der Waals surface area (Å²) < 4.78 is 50.4. The molecule has 3 N–H and O–H groups in total. The first kappa shape index (κ1) is 21.2. The summed E-state index contributed by atoms with van der Waals surface area (Å²) in [6.45, 7) is 2.70. The molecular weight excluding hydrogens is 455 g/mol. The van der Waals surface area contributed by atoms with Crippen molar-refractivity contribution in [3.05, 3.63) is 35.3 Å². The number of methoxy groups -OCH3 is 1. The Hall–Kier alpha value is -3.69. The van der Waals surface area contributed by atoms with E-state index in [1.165, 1.54) is 13.3 Å². The van der Waals surface area contributed by atoms with Crippen molar-refractivity contribution in [3.63, 3.8) is 0 Å². The number of nitrogens with zero attached hydrogens (tertiary/aromatic N) is 5. The number of fused-ring (bicyclic) bond motifs is 2. The molecule has 1 aromatic carbocycles. The molecule has 1 aliphatic rings. The number of aromatic nitrogens is 3. The van der Waals surface area contributed by atoms with Crippen LogP contribution in [0.25, 0.3) is 32.2 Å². The number of anilines is 2. The van der Waals surface area contributed by atoms with Crippen LogP contribution in [-0.2, 0) is 0 Å². The standard InChI is InChI=1S/C21H16F3N7OS/c1-32-21-29-16-10(20(30-21)31-4-2-27-3-5-31)8-28-17(15(16)24)14-11(22)6-12(23)18-13(14)9(7-25)19(26)33-18/h6,8,27H,2-5,26H2,1H3. The molecule has 0 saturated carbocycles. The fourth-order valence-corrected chi connectivity index (χ4v) is 4.90. The second kappa shape index (κ2) is 8.02. The lowest BCUT2D eigenvalue weighted by molar-refractivity contribution is 0.381. The summed E-state index contributed by atoms with van der Waals surface area (Å²) in [5, 5.41) is 13.0. The minimum atomic E-state index is -1.07. The van der Waals surface area contributed by atoms with Crippen molar-refractivity contribution in [2.45, 2.75) is 0 Å². The molecule has 0 spiro atoms. The first-order valence-corrected chi connectivity index (χ1v) is 10.7. The number of hydrogen-bond acceptors (Lipinski definition) is 9. The number of ether oxygens (including phenoxy) is 1. The maximum atomic E-state index is 15.9. The van der Waals surface area contributed by atoms with Crippen molar-refractivity contribution >= 4 is 43.1 Å². The number of piperazine rings is 1. The van der Waals surface area contributed by atoms with Crippen LogP contribution in [0, 0.1) is 28.8 Å². The second-order valence-electron chi connectivity index (χ2n) is 7.33. The Labute approximate surface area is 189 Å². The molecule has 0 atom stereocenters. The molecule has 1 saturated heterocycles. The Bertz CT molecular complexity index is 1460. The molecule has 0 bridgehead atoms. The van der Waals surface area contributed by atoms with Crippen molar-refractivity contribution in [3.8, 4) is 23.3 Å². The third kappa shape index (κ3) is 3.28. The van der Waals surface area contributed by atoms with E-state index < -0.39 is 23.1 Å². The summed E-state index contributed by atoms with van der Waals surface area (Å²) in [4.78, 5) is 14.6. The van der Waals surface area contributed by atoms with Gasteiger partial charge in [-0.2, -0.15) is 15.2 Å². The van der Waals surface area contributed by atoms with Gasteiger partial charge in [-0.3, -0.25) is 4.98 Å². The Morgan fingerprint density at radius 2 is 1.97 bits per heavy atom. The minimum Gasteiger partial charge on any atom is -0.467 e. The zero-order chi connectivity index (χ0) is 23.3. The highest BCUT2D eigenvalue weighted by molar-refractivity contribution is 7.23. The van der Waals surface area contributed by atoms with Gasteiger partial charge in [0.25, 0.3) is 0 Å². The largest absolute Gasteiger partial charge is 0.467 e. The monoisotopic (exact) mass is 471 g/mol. The molecule has 4 heterocycles. The first-order chi connectivity index (χ1) is 15.9. The number of nitriles is 1. The fourth-order valence-electron chi connectivity index (χ4n) is 3.97. The molecule has 168 valence electrons. The lowest BCUT2D eigenvalue weighted by Gasteiger charge is -2.29. The van der Waals surface area contributed by atoms with E-state index in [1.54, 1.807) is 0 Å². The summed E-state index contributed by atoms with van der Waals surface area (Å²) in [5.74, 6) is -2.46. The Morgan fingerprint density at radius 1 is 1.21 bits per heavy atom. The van der Waals surface area contributed by atoms with E-state index in [0.29, 0.717) is 30.4 Å². The molecule has 3 aromatic heterocycles. The van der Waals surface area contributed by atoms with Gasteiger partial charge in [-0.25, -0.2) is 13.2 Å². The lowest BCUT2D eigenvalue weighted by atomic mass is 10.0. The number of halogens is 3. The Balaban J connectivity index is 1.82. The number of rotatable bonds is 3. The molecule has 1 aliphatic heterocycles. The summed E-state index contributed by atoms with van der Waals surface area (Å²) in [6, 6.07) is 2.42. The molecule has 4 aromatic rings. The van der Waals surface area contributed by atoms with Crippen LogP contribution < -0.4 is 20.7 Å². The van der Waals surface area contributed by atoms with Gasteiger partial charge in [0.2, 0.25) is 0 Å². The summed E-state index contributed by atoms with van der Waals surface area (Å²) in [6.07, 6.45) is 1.35. The summed E-state index contributed by atoms with van der Waals surface area (Å²) in [5.41, 5.74) is 4.82. The Morgan fingerprint density at radius 3 is 2.67 bits per heavy atom. The van der Waals surface area contributed by atoms with Gasteiger partial charge >= 0.3 is 6.01 Å². The van der Waals surface area contributed by atoms with Crippen LogP contribution in [0.15, 0.2) is 12.3 Å². The van der Waals surface area contributed by atoms with Crippen molar-refractivity contribution in [2.24, 2.45) is 0 Å². The summed E-state index contributed by atoms with van der Waals surface area (Å²) >= 11 is 0.789. The molecule has 8 nitrogen and oxygen atoms in total. The number of thiophene rings is 1. The van der Waals surface area contributed by atoms with E-state index in [-0.39, 0.29) is 37.7 Å². The SMILES string of the molecule is COc1nc(N2CCNCC2)c2cnc(-c3c(F)cc(F)c4sc(N)c(C#N)c34)c(F)c2n1. The third-order valence-corrected chi connectivity index (χ3v) is 6.51. The molecule has 0 amide bonds. The number of hydrogen-bond donors (Lipinski definition) is 2. The number of nitrogens with two attached hydrogens (primary N) is 1. The van der Waals surface area contributed by atoms with Crippen molar-refractivity contribution in [2.75, 3.05) is 43.9 Å². The third-order valence-electron chi connectivity index (χ3n) is 5.49. The van der Waals surface area contributed by atoms with Crippen LogP contribution >= 0.6 is 11.3 Å². The predicted molar refractivity (Wildman–Crippen MR) is 119 cm³/mol. The highest BCUT2D eigenvalue weighted by atomic mass is 32.1. The van der Waals surface area contributed by atoms with Gasteiger partial charge in [-0.05, 0) is 0 Å². The maximum absolute atomic E-state index is 15.9. The predicted octanol–water partition coefficient (Wildman–Crippen LogP) is 3.20. The van der Waals surface area contributed by atoms with E-state index in [0.717, 1.165) is 24.4 Å². The molecule has 0 unspecified atom stereocenters. The second-order valence-corrected chi connectivity index (χ2v) is 8.38. The topological polar surface area (TPSA) is 113 Å². The normalized spacial score (nSPS) is 14.1. The van der Waals surface area contributed by atoms with Gasteiger partial charge in [0.05, 0.1) is 22.8 Å². The van der Waals surface area contributed by atoms with Crippen LogP contribution in [0.1, 0.15) is 5.56 Å². The van der Waals surface area contributed by atoms with E-state index in [9.17, 15) is 9.65 Å². The zero-order valence-corrected chi connectivity index (χ0v) is 18.1. The van der Waals surface area contributed by atoms with Gasteiger partial charge < -0.3 is 20.7 Å². The fraction of sp³-hybridized carbons (Fsp3) is 0.238. The van der Waals surface area contributed by atoms with Gasteiger partial charge in [0.1, 0.15) is 39.7 Å².